The molecule has 0 aliphatic carbocycles. The van der Waals surface area contributed by atoms with Gasteiger partial charge in [-0.1, -0.05) is 29.8 Å². The second-order valence-corrected chi connectivity index (χ2v) is 9.37. The van der Waals surface area contributed by atoms with Crippen LogP contribution in [0.25, 0.3) is 0 Å². The number of carbonyl (C=O) groups excluding carboxylic acids is 1. The molecular formula is C17H18ClIN2O3S. The van der Waals surface area contributed by atoms with Gasteiger partial charge in [0.05, 0.1) is 16.5 Å². The number of nitrogens with zero attached hydrogens (tertiary/aromatic N) is 1. The van der Waals surface area contributed by atoms with Crippen LogP contribution in [0.3, 0.4) is 0 Å². The minimum absolute atomic E-state index is 0.0773. The third-order valence-corrected chi connectivity index (χ3v) is 6.78. The maximum Gasteiger partial charge on any atom is 0.252 e. The van der Waals surface area contributed by atoms with Crippen molar-refractivity contribution in [2.45, 2.75) is 17.9 Å². The summed E-state index contributed by atoms with van der Waals surface area (Å²) in [5.74, 6) is -0.354. The molecule has 0 bridgehead atoms. The second kappa shape index (κ2) is 8.03. The van der Waals surface area contributed by atoms with Gasteiger partial charge in [-0.2, -0.15) is 0 Å². The van der Waals surface area contributed by atoms with Gasteiger partial charge in [-0.15, -0.1) is 0 Å². The summed E-state index contributed by atoms with van der Waals surface area (Å²) in [6.45, 7) is 1.83. The van der Waals surface area contributed by atoms with Gasteiger partial charge in [0.2, 0.25) is 10.0 Å². The first kappa shape index (κ1) is 20.2. The summed E-state index contributed by atoms with van der Waals surface area (Å²) in [7, 11) is -0.706. The van der Waals surface area contributed by atoms with E-state index in [9.17, 15) is 13.2 Å². The molecule has 0 saturated carbocycles. The van der Waals surface area contributed by atoms with E-state index in [1.807, 2.05) is 47.7 Å². The van der Waals surface area contributed by atoms with Crippen LogP contribution < -0.4 is 5.32 Å². The van der Waals surface area contributed by atoms with Crippen LogP contribution in [0, 0.1) is 3.57 Å². The summed E-state index contributed by atoms with van der Waals surface area (Å²) in [4.78, 5) is 12.7. The summed E-state index contributed by atoms with van der Waals surface area (Å²) < 4.78 is 26.3. The summed E-state index contributed by atoms with van der Waals surface area (Å²) in [5, 5.41) is 3.43. The highest BCUT2D eigenvalue weighted by Gasteiger charge is 2.21. The van der Waals surface area contributed by atoms with E-state index in [-0.39, 0.29) is 16.8 Å². The Labute approximate surface area is 166 Å². The van der Waals surface area contributed by atoms with E-state index >= 15 is 0 Å². The van der Waals surface area contributed by atoms with E-state index in [1.54, 1.807) is 12.1 Å². The molecule has 0 fully saturated rings. The molecule has 134 valence electrons. The first-order valence-electron chi connectivity index (χ1n) is 7.42. The quantitative estimate of drug-likeness (QED) is 0.648. The van der Waals surface area contributed by atoms with Gasteiger partial charge in [-0.3, -0.25) is 4.79 Å². The van der Waals surface area contributed by atoms with E-state index in [0.717, 1.165) is 9.87 Å². The number of benzene rings is 2. The molecule has 5 nitrogen and oxygen atoms in total. The van der Waals surface area contributed by atoms with Crippen molar-refractivity contribution in [1.29, 1.82) is 0 Å². The Bertz CT molecular complexity index is 901. The Morgan fingerprint density at radius 1 is 1.20 bits per heavy atom. The van der Waals surface area contributed by atoms with Crippen molar-refractivity contribution in [1.82, 2.24) is 9.62 Å². The van der Waals surface area contributed by atoms with Gasteiger partial charge in [-0.05, 0) is 59.3 Å². The molecule has 2 aromatic carbocycles. The van der Waals surface area contributed by atoms with E-state index < -0.39 is 10.0 Å². The number of rotatable bonds is 5. The first-order valence-corrected chi connectivity index (χ1v) is 10.3. The number of nitrogens with one attached hydrogen (secondary N) is 1. The monoisotopic (exact) mass is 492 g/mol. The zero-order valence-corrected chi connectivity index (χ0v) is 17.7. The minimum atomic E-state index is -3.61. The maximum absolute atomic E-state index is 12.6. The fraction of sp³-hybridized carbons (Fsp3) is 0.235. The maximum atomic E-state index is 12.6. The van der Waals surface area contributed by atoms with Crippen LogP contribution in [0.2, 0.25) is 5.02 Å². The third-order valence-electron chi connectivity index (χ3n) is 3.68. The van der Waals surface area contributed by atoms with Crippen molar-refractivity contribution in [3.63, 3.8) is 0 Å². The van der Waals surface area contributed by atoms with Crippen LogP contribution in [0.1, 0.15) is 28.9 Å². The highest BCUT2D eigenvalue weighted by molar-refractivity contribution is 14.1. The number of halogens is 2. The van der Waals surface area contributed by atoms with Gasteiger partial charge in [0.1, 0.15) is 0 Å². The van der Waals surface area contributed by atoms with Crippen LogP contribution in [0.4, 0.5) is 0 Å². The largest absolute Gasteiger partial charge is 0.345 e. The number of carbonyl (C=O) groups is 1. The normalized spacial score (nSPS) is 12.9. The van der Waals surface area contributed by atoms with E-state index in [2.05, 4.69) is 5.32 Å². The van der Waals surface area contributed by atoms with Gasteiger partial charge >= 0.3 is 0 Å². The van der Waals surface area contributed by atoms with Crippen molar-refractivity contribution in [2.24, 2.45) is 0 Å². The average molecular weight is 493 g/mol. The van der Waals surface area contributed by atoms with Crippen molar-refractivity contribution < 1.29 is 13.2 Å². The minimum Gasteiger partial charge on any atom is -0.345 e. The lowest BCUT2D eigenvalue weighted by Gasteiger charge is -2.17. The van der Waals surface area contributed by atoms with Gasteiger partial charge in [0, 0.05) is 22.7 Å². The van der Waals surface area contributed by atoms with Crippen LogP contribution in [0.5, 0.6) is 0 Å². The molecule has 1 N–H and O–H groups in total. The Kier molecular flexibility index (Phi) is 6.47. The third kappa shape index (κ3) is 4.52. The highest BCUT2D eigenvalue weighted by Crippen LogP contribution is 2.24. The van der Waals surface area contributed by atoms with E-state index in [1.165, 1.54) is 26.2 Å². The fourth-order valence-electron chi connectivity index (χ4n) is 2.23. The lowest BCUT2D eigenvalue weighted by atomic mass is 10.1. The summed E-state index contributed by atoms with van der Waals surface area (Å²) in [5.41, 5.74) is 1.10. The molecule has 2 aromatic rings. The first-order chi connectivity index (χ1) is 11.6. The molecule has 0 aliphatic rings. The molecule has 0 aromatic heterocycles. The molecule has 2 rings (SSSR count). The molecule has 25 heavy (non-hydrogen) atoms. The van der Waals surface area contributed by atoms with Crippen LogP contribution in [-0.4, -0.2) is 32.7 Å². The lowest BCUT2D eigenvalue weighted by Crippen LogP contribution is -2.28. The number of hydrogen-bond acceptors (Lipinski definition) is 3. The fourth-order valence-corrected chi connectivity index (χ4v) is 4.04. The Morgan fingerprint density at radius 2 is 1.84 bits per heavy atom. The van der Waals surface area contributed by atoms with Crippen LogP contribution in [0.15, 0.2) is 47.4 Å². The molecule has 1 unspecified atom stereocenters. The molecule has 0 spiro atoms. The van der Waals surface area contributed by atoms with Crippen molar-refractivity contribution in [2.75, 3.05) is 14.1 Å². The lowest BCUT2D eigenvalue weighted by molar-refractivity contribution is 0.0939. The molecular weight excluding hydrogens is 475 g/mol. The molecule has 0 radical (unpaired) electrons. The number of amides is 1. The van der Waals surface area contributed by atoms with Gasteiger partial charge in [-0.25, -0.2) is 12.7 Å². The smallest absolute Gasteiger partial charge is 0.252 e. The van der Waals surface area contributed by atoms with E-state index in [0.29, 0.717) is 14.2 Å². The molecule has 0 aliphatic heterocycles. The summed E-state index contributed by atoms with van der Waals surface area (Å²) in [6.07, 6.45) is 0. The Morgan fingerprint density at radius 3 is 2.44 bits per heavy atom. The zero-order valence-electron chi connectivity index (χ0n) is 14.0. The molecule has 0 saturated heterocycles. The van der Waals surface area contributed by atoms with Gasteiger partial charge in [0.15, 0.2) is 0 Å². The predicted molar refractivity (Wildman–Crippen MR) is 107 cm³/mol. The topological polar surface area (TPSA) is 66.5 Å². The molecule has 1 amide bonds. The molecule has 1 atom stereocenters. The van der Waals surface area contributed by atoms with Crippen LogP contribution in [-0.2, 0) is 10.0 Å². The highest BCUT2D eigenvalue weighted by atomic mass is 127. The Hall–Kier alpha value is -1.16. The standard InChI is InChI=1S/C17H18ClIN2O3S/c1-11(13-6-4-5-7-15(13)18)20-17(22)14-10-12(8-9-16(14)19)25(23,24)21(2)3/h4-11H,1-3H3,(H,20,22). The van der Waals surface area contributed by atoms with E-state index in [4.69, 9.17) is 11.6 Å². The van der Waals surface area contributed by atoms with Crippen LogP contribution >= 0.6 is 34.2 Å². The zero-order chi connectivity index (χ0) is 18.8. The molecule has 8 heteroatoms. The van der Waals surface area contributed by atoms with Gasteiger partial charge in [0.25, 0.3) is 5.91 Å². The van der Waals surface area contributed by atoms with Crippen molar-refractivity contribution in [3.05, 3.63) is 62.2 Å². The Balaban J connectivity index is 2.32. The number of hydrogen-bond donors (Lipinski definition) is 1. The molecule has 0 heterocycles. The SMILES string of the molecule is CC(NC(=O)c1cc(S(=O)(=O)N(C)C)ccc1I)c1ccccc1Cl. The predicted octanol–water partition coefficient (Wildman–Crippen LogP) is 3.69. The van der Waals surface area contributed by atoms with Crippen molar-refractivity contribution in [3.8, 4) is 0 Å². The number of sulfonamides is 1. The average Bonchev–Trinajstić information content (AvgIpc) is 2.55. The summed E-state index contributed by atoms with van der Waals surface area (Å²) >= 11 is 8.17. The summed E-state index contributed by atoms with van der Waals surface area (Å²) in [6, 6.07) is 11.4. The van der Waals surface area contributed by atoms with Gasteiger partial charge < -0.3 is 5.32 Å². The second-order valence-electron chi connectivity index (χ2n) is 5.65. The van der Waals surface area contributed by atoms with Crippen molar-refractivity contribution >= 4 is 50.1 Å².